The van der Waals surface area contributed by atoms with Gasteiger partial charge in [0.2, 0.25) is 0 Å². The van der Waals surface area contributed by atoms with Crippen molar-refractivity contribution in [1.82, 2.24) is 15.5 Å². The molecule has 0 saturated carbocycles. The average Bonchev–Trinajstić information content (AvgIpc) is 3.32. The van der Waals surface area contributed by atoms with E-state index in [1.54, 1.807) is 43.3 Å². The molecule has 2 heterocycles. The lowest BCUT2D eigenvalue weighted by molar-refractivity contribution is -0.151. The lowest BCUT2D eigenvalue weighted by Gasteiger charge is -2.38. The maximum atomic E-state index is 12.9. The van der Waals surface area contributed by atoms with Crippen LogP contribution >= 0.6 is 0 Å². The van der Waals surface area contributed by atoms with Gasteiger partial charge in [-0.2, -0.15) is 0 Å². The highest BCUT2D eigenvalue weighted by atomic mass is 16.5. The van der Waals surface area contributed by atoms with Crippen LogP contribution in [0.5, 0.6) is 5.75 Å². The van der Waals surface area contributed by atoms with E-state index in [0.29, 0.717) is 22.5 Å². The number of carbonyl (C=O) groups excluding carboxylic acids is 4. The van der Waals surface area contributed by atoms with Crippen molar-refractivity contribution in [3.8, 4) is 17.1 Å². The number of benzene rings is 2. The van der Waals surface area contributed by atoms with E-state index in [0.717, 1.165) is 0 Å². The molecule has 192 valence electrons. The quantitative estimate of drug-likeness (QED) is 0.311. The summed E-state index contributed by atoms with van der Waals surface area (Å²) in [6.45, 7) is 2.66. The number of amides is 3. The summed E-state index contributed by atoms with van der Waals surface area (Å²) in [4.78, 5) is 64.9. The van der Waals surface area contributed by atoms with Crippen LogP contribution in [-0.4, -0.2) is 59.6 Å². The van der Waals surface area contributed by atoms with E-state index >= 15 is 0 Å². The lowest BCUT2D eigenvalue weighted by Crippen LogP contribution is -2.61. The van der Waals surface area contributed by atoms with E-state index < -0.39 is 41.6 Å². The minimum atomic E-state index is -1.95. The monoisotopic (exact) mass is 509 g/mol. The molecule has 1 aliphatic rings. The molecule has 4 rings (SSSR count). The second-order valence-corrected chi connectivity index (χ2v) is 8.14. The van der Waals surface area contributed by atoms with E-state index in [1.807, 2.05) is 0 Å². The Labute approximate surface area is 209 Å². The number of nitrogens with zero attached hydrogens (tertiary/aromatic N) is 2. The topological polar surface area (TPSA) is 173 Å². The Morgan fingerprint density at radius 2 is 1.86 bits per heavy atom. The smallest absolute Gasteiger partial charge is 0.439 e. The van der Waals surface area contributed by atoms with E-state index in [-0.39, 0.29) is 18.2 Å². The zero-order valence-corrected chi connectivity index (χ0v) is 20.1. The number of nitrogens with one attached hydrogen (secondary N) is 3. The molecule has 0 radical (unpaired) electrons. The maximum absolute atomic E-state index is 12.9. The molecule has 3 N–H and O–H groups in total. The van der Waals surface area contributed by atoms with Gasteiger partial charge < -0.3 is 25.0 Å². The number of ether oxygens (including phenoxy) is 2. The van der Waals surface area contributed by atoms with Crippen LogP contribution in [0.3, 0.4) is 0 Å². The summed E-state index contributed by atoms with van der Waals surface area (Å²) in [6.07, 6.45) is 0. The summed E-state index contributed by atoms with van der Waals surface area (Å²) < 4.78 is 15.1. The van der Waals surface area contributed by atoms with Gasteiger partial charge in [0.25, 0.3) is 23.3 Å². The third-order valence-electron chi connectivity index (χ3n) is 5.60. The SMILES string of the molecule is CCOC(=O)CNC(=O)C1(C)Oc2cc(NC(=O)c3ccc(-c4noc(=O)[nH]4)cc3)ccc2N(C)C1=O. The van der Waals surface area contributed by atoms with Gasteiger partial charge in [0.15, 0.2) is 5.82 Å². The number of rotatable bonds is 7. The first-order valence-electron chi connectivity index (χ1n) is 11.2. The van der Waals surface area contributed by atoms with Gasteiger partial charge in [-0.1, -0.05) is 17.3 Å². The maximum Gasteiger partial charge on any atom is 0.439 e. The van der Waals surface area contributed by atoms with Crippen molar-refractivity contribution in [2.75, 3.05) is 30.4 Å². The fourth-order valence-corrected chi connectivity index (χ4v) is 3.66. The third kappa shape index (κ3) is 5.05. The van der Waals surface area contributed by atoms with Gasteiger partial charge in [0.05, 0.1) is 12.3 Å². The van der Waals surface area contributed by atoms with Crippen LogP contribution in [0.25, 0.3) is 11.4 Å². The van der Waals surface area contributed by atoms with Gasteiger partial charge in [-0.05, 0) is 38.1 Å². The Kier molecular flexibility index (Phi) is 6.78. The number of aromatic amines is 1. The van der Waals surface area contributed by atoms with Crippen molar-refractivity contribution < 1.29 is 33.2 Å². The van der Waals surface area contributed by atoms with Gasteiger partial charge >= 0.3 is 11.7 Å². The molecule has 3 aromatic rings. The van der Waals surface area contributed by atoms with Gasteiger partial charge in [-0.15, -0.1) is 0 Å². The number of fused-ring (bicyclic) bond motifs is 1. The second-order valence-electron chi connectivity index (χ2n) is 8.14. The van der Waals surface area contributed by atoms with Crippen LogP contribution in [0.4, 0.5) is 11.4 Å². The Bertz CT molecular complexity index is 1430. The summed E-state index contributed by atoms with van der Waals surface area (Å²) >= 11 is 0. The number of anilines is 2. The standard InChI is InChI=1S/C24H23N5O8/c1-4-35-18(30)12-25-21(32)24(2)22(33)29(3)16-10-9-15(11-17(16)36-24)26-20(31)14-7-5-13(6-8-14)19-27-23(34)37-28-19/h5-11H,4,12H2,1-3H3,(H,25,32)(H,26,31)(H,27,28,34). The molecule has 0 spiro atoms. The highest BCUT2D eigenvalue weighted by Crippen LogP contribution is 2.39. The van der Waals surface area contributed by atoms with Crippen molar-refractivity contribution in [3.63, 3.8) is 0 Å². The largest absolute Gasteiger partial charge is 0.465 e. The van der Waals surface area contributed by atoms with Crippen LogP contribution in [-0.2, 0) is 19.1 Å². The van der Waals surface area contributed by atoms with Gasteiger partial charge in [-0.3, -0.25) is 28.7 Å². The molecule has 0 saturated heterocycles. The van der Waals surface area contributed by atoms with Crippen LogP contribution in [0.15, 0.2) is 51.8 Å². The van der Waals surface area contributed by atoms with Crippen molar-refractivity contribution in [2.24, 2.45) is 0 Å². The number of likely N-dealkylation sites (N-methyl/N-ethyl adjacent to an activating group) is 1. The Hall–Kier alpha value is -4.94. The summed E-state index contributed by atoms with van der Waals surface area (Å²) in [5, 5.41) is 8.69. The predicted octanol–water partition coefficient (Wildman–Crippen LogP) is 1.08. The Morgan fingerprint density at radius 1 is 1.14 bits per heavy atom. The number of H-pyrrole nitrogens is 1. The predicted molar refractivity (Wildman–Crippen MR) is 129 cm³/mol. The van der Waals surface area contributed by atoms with Crippen molar-refractivity contribution in [3.05, 3.63) is 58.6 Å². The molecule has 37 heavy (non-hydrogen) atoms. The Morgan fingerprint density at radius 3 is 2.51 bits per heavy atom. The fraction of sp³-hybridized carbons (Fsp3) is 0.250. The highest BCUT2D eigenvalue weighted by Gasteiger charge is 2.49. The van der Waals surface area contributed by atoms with E-state index in [9.17, 15) is 24.0 Å². The molecule has 1 atom stereocenters. The highest BCUT2D eigenvalue weighted by molar-refractivity contribution is 6.16. The summed E-state index contributed by atoms with van der Waals surface area (Å²) in [5.74, 6) is -2.81. The van der Waals surface area contributed by atoms with Crippen molar-refractivity contribution in [1.29, 1.82) is 0 Å². The number of aromatic nitrogens is 2. The number of hydrogen-bond acceptors (Lipinski definition) is 9. The van der Waals surface area contributed by atoms with Gasteiger partial charge in [0.1, 0.15) is 12.3 Å². The number of carbonyl (C=O) groups is 4. The molecule has 13 nitrogen and oxygen atoms in total. The molecule has 0 bridgehead atoms. The Balaban J connectivity index is 1.49. The molecule has 13 heteroatoms. The molecule has 1 unspecified atom stereocenters. The first-order chi connectivity index (χ1) is 17.6. The summed E-state index contributed by atoms with van der Waals surface area (Å²) in [5.41, 5.74) is -0.328. The van der Waals surface area contributed by atoms with Crippen molar-refractivity contribution in [2.45, 2.75) is 19.4 Å². The van der Waals surface area contributed by atoms with E-state index in [1.165, 1.54) is 24.9 Å². The molecular weight excluding hydrogens is 486 g/mol. The zero-order chi connectivity index (χ0) is 26.7. The molecule has 0 fully saturated rings. The van der Waals surface area contributed by atoms with Crippen LogP contribution in [0.1, 0.15) is 24.2 Å². The lowest BCUT2D eigenvalue weighted by atomic mass is 10.00. The first kappa shape index (κ1) is 25.2. The summed E-state index contributed by atoms with van der Waals surface area (Å²) in [6, 6.07) is 10.9. The molecule has 0 aliphatic carbocycles. The molecular formula is C24H23N5O8. The second kappa shape index (κ2) is 9.97. The molecule has 1 aromatic heterocycles. The van der Waals surface area contributed by atoms with Crippen LogP contribution in [0.2, 0.25) is 0 Å². The third-order valence-corrected chi connectivity index (χ3v) is 5.60. The number of hydrogen-bond donors (Lipinski definition) is 3. The average molecular weight is 509 g/mol. The fourth-order valence-electron chi connectivity index (χ4n) is 3.66. The molecule has 1 aliphatic heterocycles. The van der Waals surface area contributed by atoms with Crippen LogP contribution in [0, 0.1) is 0 Å². The van der Waals surface area contributed by atoms with Crippen LogP contribution < -0.4 is 26.0 Å². The van der Waals surface area contributed by atoms with Gasteiger partial charge in [0, 0.05) is 29.9 Å². The minimum Gasteiger partial charge on any atom is -0.465 e. The summed E-state index contributed by atoms with van der Waals surface area (Å²) in [7, 11) is 1.49. The zero-order valence-electron chi connectivity index (χ0n) is 20.1. The molecule has 3 amide bonds. The van der Waals surface area contributed by atoms with Crippen molar-refractivity contribution >= 4 is 35.1 Å². The minimum absolute atomic E-state index is 0.151. The van der Waals surface area contributed by atoms with E-state index in [2.05, 4.69) is 25.3 Å². The first-order valence-corrected chi connectivity index (χ1v) is 11.2. The number of esters is 1. The van der Waals surface area contributed by atoms with Gasteiger partial charge in [-0.25, -0.2) is 4.79 Å². The van der Waals surface area contributed by atoms with E-state index in [4.69, 9.17) is 9.47 Å². The molecule has 2 aromatic carbocycles. The normalized spacial score (nSPS) is 16.4.